The first-order valence-electron chi connectivity index (χ1n) is 9.76. The van der Waals surface area contributed by atoms with Crippen LogP contribution in [0.15, 0.2) is 0 Å². The molecule has 0 saturated heterocycles. The van der Waals surface area contributed by atoms with Gasteiger partial charge < -0.3 is 4.57 Å². The Kier molecular flexibility index (Phi) is 18.5. The van der Waals surface area contributed by atoms with Crippen molar-refractivity contribution >= 4 is 7.80 Å². The molecule has 0 aromatic carbocycles. The Hall–Kier alpha value is 0.230. The van der Waals surface area contributed by atoms with Crippen LogP contribution in [0.3, 0.4) is 0 Å². The van der Waals surface area contributed by atoms with Gasteiger partial charge in [0.05, 0.1) is 7.80 Å². The summed E-state index contributed by atoms with van der Waals surface area (Å²) < 4.78 is 11.0. The summed E-state index contributed by atoms with van der Waals surface area (Å²) in [5.74, 6) is 0. The molecular weight excluding hydrogens is 275 g/mol. The van der Waals surface area contributed by atoms with E-state index in [-0.39, 0.29) is 0 Å². The van der Waals surface area contributed by atoms with Crippen LogP contribution >= 0.6 is 7.80 Å². The fourth-order valence-electron chi connectivity index (χ4n) is 2.92. The second kappa shape index (κ2) is 18.3. The van der Waals surface area contributed by atoms with Gasteiger partial charge in [0.2, 0.25) is 0 Å². The molecule has 0 saturated carbocycles. The van der Waals surface area contributed by atoms with Crippen LogP contribution in [0.5, 0.6) is 0 Å². The molecule has 0 rings (SSSR count). The van der Waals surface area contributed by atoms with Crippen LogP contribution < -0.4 is 0 Å². The largest absolute Gasteiger partial charge is 0.327 e. The summed E-state index contributed by atoms with van der Waals surface area (Å²) in [6.45, 7) is 4.17. The van der Waals surface area contributed by atoms with E-state index in [0.717, 1.165) is 6.16 Å². The fraction of sp³-hybridized carbons (Fsp3) is 1.00. The van der Waals surface area contributed by atoms with Crippen LogP contribution in [0.2, 0.25) is 0 Å². The van der Waals surface area contributed by atoms with Crippen molar-refractivity contribution in [2.75, 3.05) is 12.8 Å². The van der Waals surface area contributed by atoms with E-state index in [1.807, 2.05) is 6.66 Å². The summed E-state index contributed by atoms with van der Waals surface area (Å²) in [4.78, 5) is 0. The van der Waals surface area contributed by atoms with E-state index < -0.39 is 7.80 Å². The molecule has 0 aromatic heterocycles. The minimum absolute atomic E-state index is 0.975. The van der Waals surface area contributed by atoms with Crippen LogP contribution in [0, 0.1) is 0 Å². The molecule has 0 N–H and O–H groups in total. The van der Waals surface area contributed by atoms with Crippen molar-refractivity contribution in [2.24, 2.45) is 0 Å². The van der Waals surface area contributed by atoms with Gasteiger partial charge in [-0.3, -0.25) is 0 Å². The third-order valence-electron chi connectivity index (χ3n) is 4.38. The van der Waals surface area contributed by atoms with Gasteiger partial charge in [0.25, 0.3) is 0 Å². The Morgan fingerprint density at radius 1 is 0.524 bits per heavy atom. The van der Waals surface area contributed by atoms with Crippen LogP contribution in [-0.2, 0) is 4.57 Å². The smallest absolute Gasteiger partial charge is 0.0732 e. The third kappa shape index (κ3) is 20.2. The Bertz CT molecular complexity index is 216. The molecule has 0 bridgehead atoms. The molecule has 1 atom stereocenters. The van der Waals surface area contributed by atoms with Crippen molar-refractivity contribution in [1.29, 1.82) is 0 Å². The molecule has 0 aliphatic rings. The molecule has 0 radical (unpaired) electrons. The molecule has 0 aliphatic carbocycles. The summed E-state index contributed by atoms with van der Waals surface area (Å²) in [5, 5.41) is 0. The van der Waals surface area contributed by atoms with Gasteiger partial charge in [-0.1, -0.05) is 103 Å². The molecule has 2 heteroatoms. The van der Waals surface area contributed by atoms with E-state index in [1.165, 1.54) is 103 Å². The summed E-state index contributed by atoms with van der Waals surface area (Å²) in [7, 11) is -1.20. The Morgan fingerprint density at radius 2 is 0.810 bits per heavy atom. The number of hydrogen-bond acceptors (Lipinski definition) is 1. The standard InChI is InChI=1S/C19H41OP/c1-3-4-5-6-7-8-9-10-11-12-13-14-15-16-17-18-19-21(2)20/h21H,3-19H2,1-2H3. The zero-order chi connectivity index (χ0) is 15.6. The Morgan fingerprint density at radius 3 is 1.10 bits per heavy atom. The normalized spacial score (nSPS) is 12.7. The molecular formula is C19H41OP. The van der Waals surface area contributed by atoms with Gasteiger partial charge in [-0.2, -0.15) is 0 Å². The van der Waals surface area contributed by atoms with Crippen molar-refractivity contribution in [3.63, 3.8) is 0 Å². The van der Waals surface area contributed by atoms with E-state index in [1.54, 1.807) is 0 Å². The van der Waals surface area contributed by atoms with Crippen LogP contribution in [0.4, 0.5) is 0 Å². The zero-order valence-electron chi connectivity index (χ0n) is 14.9. The first-order valence-corrected chi connectivity index (χ1v) is 11.9. The maximum atomic E-state index is 11.0. The van der Waals surface area contributed by atoms with Gasteiger partial charge in [0, 0.05) is 0 Å². The highest BCUT2D eigenvalue weighted by Gasteiger charge is 1.95. The first kappa shape index (κ1) is 21.2. The summed E-state index contributed by atoms with van der Waals surface area (Å²) >= 11 is 0. The van der Waals surface area contributed by atoms with E-state index >= 15 is 0 Å². The number of rotatable bonds is 17. The first-order chi connectivity index (χ1) is 10.3. The summed E-state index contributed by atoms with van der Waals surface area (Å²) in [5.41, 5.74) is 0. The molecule has 21 heavy (non-hydrogen) atoms. The average molecular weight is 317 g/mol. The van der Waals surface area contributed by atoms with Crippen LogP contribution in [0.1, 0.15) is 110 Å². The van der Waals surface area contributed by atoms with Crippen molar-refractivity contribution < 1.29 is 4.57 Å². The van der Waals surface area contributed by atoms with Gasteiger partial charge in [0.15, 0.2) is 0 Å². The number of unbranched alkanes of at least 4 members (excludes halogenated alkanes) is 15. The van der Waals surface area contributed by atoms with Gasteiger partial charge in [-0.25, -0.2) is 0 Å². The second-order valence-electron chi connectivity index (χ2n) is 6.76. The SMILES string of the molecule is CCCCCCCCCCCCCCCCCC[PH](C)=O. The maximum absolute atomic E-state index is 11.0. The van der Waals surface area contributed by atoms with E-state index in [4.69, 9.17) is 0 Å². The van der Waals surface area contributed by atoms with Crippen LogP contribution in [-0.4, -0.2) is 12.8 Å². The summed E-state index contributed by atoms with van der Waals surface area (Å²) in [6, 6.07) is 0. The lowest BCUT2D eigenvalue weighted by molar-refractivity contribution is 0.531. The molecule has 0 amide bonds. The quantitative estimate of drug-likeness (QED) is 0.201. The van der Waals surface area contributed by atoms with Gasteiger partial charge in [0.1, 0.15) is 0 Å². The van der Waals surface area contributed by atoms with Crippen LogP contribution in [0.25, 0.3) is 0 Å². The molecule has 128 valence electrons. The van der Waals surface area contributed by atoms with E-state index in [0.29, 0.717) is 0 Å². The minimum Gasteiger partial charge on any atom is -0.327 e. The lowest BCUT2D eigenvalue weighted by Crippen LogP contribution is -1.84. The molecule has 0 aromatic rings. The van der Waals surface area contributed by atoms with E-state index in [9.17, 15) is 4.57 Å². The zero-order valence-corrected chi connectivity index (χ0v) is 15.9. The van der Waals surface area contributed by atoms with Crippen molar-refractivity contribution in [1.82, 2.24) is 0 Å². The Labute approximate surface area is 135 Å². The lowest BCUT2D eigenvalue weighted by Gasteiger charge is -2.03. The Balaban J connectivity index is 2.95. The molecule has 0 spiro atoms. The third-order valence-corrected chi connectivity index (χ3v) is 5.44. The second-order valence-corrected chi connectivity index (χ2v) is 8.66. The fourth-order valence-corrected chi connectivity index (χ4v) is 3.67. The predicted molar refractivity (Wildman–Crippen MR) is 99.3 cm³/mol. The molecule has 0 fully saturated rings. The van der Waals surface area contributed by atoms with Gasteiger partial charge in [-0.05, 0) is 19.2 Å². The topological polar surface area (TPSA) is 17.1 Å². The highest BCUT2D eigenvalue weighted by atomic mass is 31.1. The molecule has 0 aliphatic heterocycles. The van der Waals surface area contributed by atoms with E-state index in [2.05, 4.69) is 6.92 Å². The van der Waals surface area contributed by atoms with Crippen molar-refractivity contribution in [3.05, 3.63) is 0 Å². The maximum Gasteiger partial charge on any atom is 0.0732 e. The molecule has 0 heterocycles. The minimum atomic E-state index is -1.20. The van der Waals surface area contributed by atoms with Gasteiger partial charge in [-0.15, -0.1) is 0 Å². The lowest BCUT2D eigenvalue weighted by atomic mass is 10.0. The van der Waals surface area contributed by atoms with Crippen molar-refractivity contribution in [2.45, 2.75) is 110 Å². The molecule has 1 nitrogen and oxygen atoms in total. The monoisotopic (exact) mass is 316 g/mol. The average Bonchev–Trinajstić information content (AvgIpc) is 2.46. The highest BCUT2D eigenvalue weighted by molar-refractivity contribution is 7.43. The van der Waals surface area contributed by atoms with Gasteiger partial charge >= 0.3 is 0 Å². The highest BCUT2D eigenvalue weighted by Crippen LogP contribution is 2.18. The summed E-state index contributed by atoms with van der Waals surface area (Å²) in [6.07, 6.45) is 23.5. The van der Waals surface area contributed by atoms with Crippen molar-refractivity contribution in [3.8, 4) is 0 Å². The predicted octanol–water partition coefficient (Wildman–Crippen LogP) is 7.44. The molecule has 1 unspecified atom stereocenters. The number of hydrogen-bond donors (Lipinski definition) is 0.